The standard InChI is InChI=1S/C10H14N2O5/c1-11(2)5-6-4-7(9(14)15)12(8(6)13)10(16)17-3/h5,7H,4H2,1-3H3,(H,14,15)/b6-5+/t7-/m0/s1. The van der Waals surface area contributed by atoms with Gasteiger partial charge in [0.25, 0.3) is 5.91 Å². The van der Waals surface area contributed by atoms with E-state index in [1.165, 1.54) is 6.20 Å². The van der Waals surface area contributed by atoms with E-state index >= 15 is 0 Å². The monoisotopic (exact) mass is 242 g/mol. The predicted octanol–water partition coefficient (Wildman–Crippen LogP) is -0.116. The highest BCUT2D eigenvalue weighted by molar-refractivity contribution is 6.08. The molecule has 0 radical (unpaired) electrons. The normalized spacial score (nSPS) is 21.8. The molecule has 1 aliphatic rings. The summed E-state index contributed by atoms with van der Waals surface area (Å²) in [7, 11) is 4.51. The molecule has 0 aliphatic carbocycles. The smallest absolute Gasteiger partial charge is 0.417 e. The molecule has 0 aromatic rings. The van der Waals surface area contributed by atoms with Gasteiger partial charge in [-0.1, -0.05) is 0 Å². The van der Waals surface area contributed by atoms with Crippen molar-refractivity contribution in [2.45, 2.75) is 12.5 Å². The van der Waals surface area contributed by atoms with Crippen LogP contribution in [-0.4, -0.2) is 60.1 Å². The first kappa shape index (κ1) is 13.0. The number of aliphatic carboxylic acids is 1. The second-order valence-electron chi connectivity index (χ2n) is 3.82. The molecular formula is C10H14N2O5. The van der Waals surface area contributed by atoms with Gasteiger partial charge in [-0.25, -0.2) is 14.5 Å². The Labute approximate surface area is 98.2 Å². The summed E-state index contributed by atoms with van der Waals surface area (Å²) < 4.78 is 4.40. The zero-order chi connectivity index (χ0) is 13.2. The fourth-order valence-corrected chi connectivity index (χ4v) is 1.61. The quantitative estimate of drug-likeness (QED) is 0.679. The summed E-state index contributed by atoms with van der Waals surface area (Å²) in [5.74, 6) is -1.86. The van der Waals surface area contributed by atoms with Crippen LogP contribution in [0, 0.1) is 0 Å². The minimum atomic E-state index is -1.23. The van der Waals surface area contributed by atoms with Crippen LogP contribution in [0.15, 0.2) is 11.8 Å². The van der Waals surface area contributed by atoms with Crippen LogP contribution in [0.4, 0.5) is 4.79 Å². The minimum Gasteiger partial charge on any atom is -0.480 e. The van der Waals surface area contributed by atoms with E-state index in [0.717, 1.165) is 7.11 Å². The van der Waals surface area contributed by atoms with Crippen LogP contribution in [0.25, 0.3) is 0 Å². The van der Waals surface area contributed by atoms with Crippen molar-refractivity contribution in [3.63, 3.8) is 0 Å². The summed E-state index contributed by atoms with van der Waals surface area (Å²) in [6.07, 6.45) is 0.535. The number of methoxy groups -OCH3 is 1. The number of rotatable bonds is 2. The SMILES string of the molecule is COC(=O)N1C(=O)/C(=C/N(C)C)C[C@H]1C(=O)O. The van der Waals surface area contributed by atoms with Gasteiger partial charge in [0, 0.05) is 32.3 Å². The third-order valence-electron chi connectivity index (χ3n) is 2.29. The molecule has 0 bridgehead atoms. The number of carbonyl (C=O) groups excluding carboxylic acids is 2. The highest BCUT2D eigenvalue weighted by Crippen LogP contribution is 2.25. The highest BCUT2D eigenvalue weighted by atomic mass is 16.5. The molecule has 94 valence electrons. The molecule has 7 heteroatoms. The molecule has 1 fully saturated rings. The summed E-state index contributed by atoms with van der Waals surface area (Å²) in [6, 6.07) is -1.19. The van der Waals surface area contributed by atoms with Crippen LogP contribution in [0.2, 0.25) is 0 Å². The summed E-state index contributed by atoms with van der Waals surface area (Å²) >= 11 is 0. The molecule has 17 heavy (non-hydrogen) atoms. The van der Waals surface area contributed by atoms with Crippen LogP contribution >= 0.6 is 0 Å². The van der Waals surface area contributed by atoms with Crippen LogP contribution in [-0.2, 0) is 14.3 Å². The van der Waals surface area contributed by atoms with Crippen molar-refractivity contribution in [1.29, 1.82) is 0 Å². The van der Waals surface area contributed by atoms with Gasteiger partial charge in [0.05, 0.1) is 7.11 Å². The molecule has 1 heterocycles. The van der Waals surface area contributed by atoms with E-state index in [-0.39, 0.29) is 12.0 Å². The van der Waals surface area contributed by atoms with Gasteiger partial charge in [-0.05, 0) is 0 Å². The van der Waals surface area contributed by atoms with Gasteiger partial charge in [-0.2, -0.15) is 0 Å². The summed E-state index contributed by atoms with van der Waals surface area (Å²) in [5.41, 5.74) is 0.271. The molecule has 1 aliphatic heterocycles. The van der Waals surface area contributed by atoms with Crippen LogP contribution in [0.5, 0.6) is 0 Å². The molecule has 1 rings (SSSR count). The van der Waals surface area contributed by atoms with E-state index in [4.69, 9.17) is 5.11 Å². The van der Waals surface area contributed by atoms with Crippen molar-refractivity contribution < 1.29 is 24.2 Å². The average Bonchev–Trinajstić information content (AvgIpc) is 2.55. The fraction of sp³-hybridized carbons (Fsp3) is 0.500. The number of nitrogens with zero attached hydrogens (tertiary/aromatic N) is 2. The number of amides is 2. The molecule has 0 unspecified atom stereocenters. The lowest BCUT2D eigenvalue weighted by molar-refractivity contribution is -0.144. The van der Waals surface area contributed by atoms with E-state index < -0.39 is 24.0 Å². The molecule has 0 aromatic carbocycles. The molecule has 7 nitrogen and oxygen atoms in total. The van der Waals surface area contributed by atoms with Gasteiger partial charge in [-0.3, -0.25) is 4.79 Å². The zero-order valence-electron chi connectivity index (χ0n) is 9.84. The summed E-state index contributed by atoms with van der Waals surface area (Å²) in [5, 5.41) is 8.96. The number of carboxylic acid groups (broad SMARTS) is 1. The third-order valence-corrected chi connectivity index (χ3v) is 2.29. The number of imide groups is 1. The molecule has 0 saturated carbocycles. The Morgan fingerprint density at radius 1 is 1.53 bits per heavy atom. The predicted molar refractivity (Wildman–Crippen MR) is 57.1 cm³/mol. The number of hydrogen-bond donors (Lipinski definition) is 1. The number of carbonyl (C=O) groups is 3. The van der Waals surface area contributed by atoms with Crippen LogP contribution in [0.3, 0.4) is 0 Å². The number of ether oxygens (including phenoxy) is 1. The van der Waals surface area contributed by atoms with Gasteiger partial charge in [0.1, 0.15) is 6.04 Å². The van der Waals surface area contributed by atoms with Gasteiger partial charge < -0.3 is 14.7 Å². The van der Waals surface area contributed by atoms with Crippen molar-refractivity contribution in [2.24, 2.45) is 0 Å². The Hall–Kier alpha value is -2.05. The van der Waals surface area contributed by atoms with Crippen molar-refractivity contribution >= 4 is 18.0 Å². The number of hydrogen-bond acceptors (Lipinski definition) is 5. The van der Waals surface area contributed by atoms with E-state index in [1.54, 1.807) is 19.0 Å². The van der Waals surface area contributed by atoms with Crippen molar-refractivity contribution in [3.8, 4) is 0 Å². The summed E-state index contributed by atoms with van der Waals surface area (Å²) in [6.45, 7) is 0. The Kier molecular flexibility index (Phi) is 3.72. The largest absolute Gasteiger partial charge is 0.480 e. The Morgan fingerprint density at radius 3 is 2.53 bits per heavy atom. The minimum absolute atomic E-state index is 0.0125. The number of likely N-dealkylation sites (tertiary alicyclic amines) is 1. The van der Waals surface area contributed by atoms with E-state index in [2.05, 4.69) is 4.74 Å². The molecule has 1 atom stereocenters. The maximum atomic E-state index is 11.8. The van der Waals surface area contributed by atoms with E-state index in [9.17, 15) is 14.4 Å². The Balaban J connectivity index is 3.06. The van der Waals surface area contributed by atoms with Gasteiger partial charge in [0.15, 0.2) is 0 Å². The molecule has 1 N–H and O–H groups in total. The van der Waals surface area contributed by atoms with Crippen molar-refractivity contribution in [2.75, 3.05) is 21.2 Å². The highest BCUT2D eigenvalue weighted by Gasteiger charge is 2.44. The molecule has 2 amide bonds. The van der Waals surface area contributed by atoms with E-state index in [0.29, 0.717) is 4.90 Å². The number of carboxylic acids is 1. The first-order valence-electron chi connectivity index (χ1n) is 4.90. The van der Waals surface area contributed by atoms with Crippen molar-refractivity contribution in [3.05, 3.63) is 11.8 Å². The summed E-state index contributed by atoms with van der Waals surface area (Å²) in [4.78, 5) is 36.4. The molecule has 0 spiro atoms. The van der Waals surface area contributed by atoms with Crippen LogP contribution < -0.4 is 0 Å². The maximum absolute atomic E-state index is 11.8. The molecule has 1 saturated heterocycles. The third kappa shape index (κ3) is 2.55. The lowest BCUT2D eigenvalue weighted by Crippen LogP contribution is -2.42. The van der Waals surface area contributed by atoms with Gasteiger partial charge in [0.2, 0.25) is 0 Å². The Morgan fingerprint density at radius 2 is 2.12 bits per heavy atom. The van der Waals surface area contributed by atoms with Gasteiger partial charge >= 0.3 is 12.1 Å². The molecule has 0 aromatic heterocycles. The van der Waals surface area contributed by atoms with Crippen molar-refractivity contribution in [1.82, 2.24) is 9.80 Å². The zero-order valence-corrected chi connectivity index (χ0v) is 9.84. The second kappa shape index (κ2) is 4.86. The topological polar surface area (TPSA) is 87.2 Å². The lowest BCUT2D eigenvalue weighted by atomic mass is 10.1. The lowest BCUT2D eigenvalue weighted by Gasteiger charge is -2.16. The first-order valence-corrected chi connectivity index (χ1v) is 4.90. The second-order valence-corrected chi connectivity index (χ2v) is 3.82. The average molecular weight is 242 g/mol. The first-order chi connectivity index (χ1) is 7.88. The Bertz CT molecular complexity index is 388. The fourth-order valence-electron chi connectivity index (χ4n) is 1.61. The van der Waals surface area contributed by atoms with Crippen LogP contribution in [0.1, 0.15) is 6.42 Å². The van der Waals surface area contributed by atoms with E-state index in [1.807, 2.05) is 0 Å². The van der Waals surface area contributed by atoms with Gasteiger partial charge in [-0.15, -0.1) is 0 Å². The molecular weight excluding hydrogens is 228 g/mol. The maximum Gasteiger partial charge on any atom is 0.417 e.